The molecule has 1 rings (SSSR count). The summed E-state index contributed by atoms with van der Waals surface area (Å²) in [5.41, 5.74) is -0.364. The zero-order valence-electron chi connectivity index (χ0n) is 7.24. The lowest BCUT2D eigenvalue weighted by Crippen LogP contribution is -2.20. The molecule has 0 fully saturated rings. The first-order chi connectivity index (χ1) is 6.50. The van der Waals surface area contributed by atoms with Gasteiger partial charge in [-0.2, -0.15) is 0 Å². The molecular formula is C9H8BrNO3. The fraction of sp³-hybridized carbons (Fsp3) is 0.111. The van der Waals surface area contributed by atoms with Crippen LogP contribution in [0.15, 0.2) is 34.2 Å². The van der Waals surface area contributed by atoms with Gasteiger partial charge in [-0.25, -0.2) is 4.79 Å². The summed E-state index contributed by atoms with van der Waals surface area (Å²) in [6.45, 7) is 3.92. The highest BCUT2D eigenvalue weighted by Crippen LogP contribution is 2.03. The predicted octanol–water partition coefficient (Wildman–Crippen LogP) is 1.46. The number of carbonyl (C=O) groups is 1. The molecule has 0 saturated heterocycles. The maximum absolute atomic E-state index is 11.3. The van der Waals surface area contributed by atoms with E-state index in [9.17, 15) is 9.59 Å². The van der Waals surface area contributed by atoms with Gasteiger partial charge in [0.05, 0.1) is 12.1 Å². The molecule has 1 heterocycles. The molecule has 1 N–H and O–H groups in total. The number of hydrogen-bond donors (Lipinski definition) is 1. The highest BCUT2D eigenvalue weighted by molar-refractivity contribution is 9.11. The Labute approximate surface area is 88.6 Å². The fourth-order valence-electron chi connectivity index (χ4n) is 0.956. The number of nitrogens with zero attached hydrogens (tertiary/aromatic N) is 1. The lowest BCUT2D eigenvalue weighted by atomic mass is 10.3. The van der Waals surface area contributed by atoms with Gasteiger partial charge in [-0.1, -0.05) is 22.5 Å². The van der Waals surface area contributed by atoms with Crippen molar-refractivity contribution in [3.05, 3.63) is 45.3 Å². The Bertz CT molecular complexity index is 436. The van der Waals surface area contributed by atoms with Gasteiger partial charge in [-0.3, -0.25) is 4.79 Å². The Morgan fingerprint density at radius 2 is 2.29 bits per heavy atom. The summed E-state index contributed by atoms with van der Waals surface area (Å²) in [6, 6.07) is 2.46. The third-order valence-electron chi connectivity index (χ3n) is 1.58. The molecular weight excluding hydrogens is 250 g/mol. The van der Waals surface area contributed by atoms with Crippen molar-refractivity contribution in [2.24, 2.45) is 0 Å². The molecule has 0 saturated carbocycles. The Kier molecular flexibility index (Phi) is 3.24. The monoisotopic (exact) mass is 257 g/mol. The Morgan fingerprint density at radius 1 is 1.64 bits per heavy atom. The number of pyridine rings is 1. The standard InChI is InChI=1S/C9H8BrNO3/c1-6(10)5-11-3-2-7(9(13)14)4-8(11)12/h2-4H,1,5H2,(H,13,14). The van der Waals surface area contributed by atoms with Crippen molar-refractivity contribution in [1.82, 2.24) is 4.57 Å². The van der Waals surface area contributed by atoms with Crippen molar-refractivity contribution in [1.29, 1.82) is 0 Å². The minimum absolute atomic E-state index is 0.00793. The van der Waals surface area contributed by atoms with Gasteiger partial charge in [0.25, 0.3) is 5.56 Å². The number of aromatic carboxylic acids is 1. The van der Waals surface area contributed by atoms with Gasteiger partial charge in [0, 0.05) is 16.7 Å². The summed E-state index contributed by atoms with van der Waals surface area (Å²) in [7, 11) is 0. The van der Waals surface area contributed by atoms with Crippen molar-refractivity contribution in [2.75, 3.05) is 0 Å². The molecule has 0 bridgehead atoms. The van der Waals surface area contributed by atoms with Gasteiger partial charge < -0.3 is 9.67 Å². The van der Waals surface area contributed by atoms with Gasteiger partial charge in [-0.05, 0) is 6.07 Å². The SMILES string of the molecule is C=C(Br)Cn1ccc(C(=O)O)cc1=O. The van der Waals surface area contributed by atoms with Crippen LogP contribution in [0.1, 0.15) is 10.4 Å². The lowest BCUT2D eigenvalue weighted by Gasteiger charge is -2.03. The van der Waals surface area contributed by atoms with Gasteiger partial charge >= 0.3 is 5.97 Å². The maximum Gasteiger partial charge on any atom is 0.335 e. The van der Waals surface area contributed by atoms with Crippen LogP contribution in [0.4, 0.5) is 0 Å². The van der Waals surface area contributed by atoms with Crippen LogP contribution in [0.3, 0.4) is 0 Å². The number of rotatable bonds is 3. The molecule has 1 aromatic heterocycles. The van der Waals surface area contributed by atoms with Crippen LogP contribution in [-0.2, 0) is 6.54 Å². The van der Waals surface area contributed by atoms with Crippen molar-refractivity contribution in [2.45, 2.75) is 6.54 Å². The molecule has 0 aromatic carbocycles. The van der Waals surface area contributed by atoms with E-state index in [0.29, 0.717) is 11.0 Å². The number of halogens is 1. The molecule has 0 radical (unpaired) electrons. The summed E-state index contributed by atoms with van der Waals surface area (Å²) < 4.78 is 2.02. The average Bonchev–Trinajstić information content (AvgIpc) is 2.07. The molecule has 5 heteroatoms. The second-order valence-corrected chi connectivity index (χ2v) is 3.83. The van der Waals surface area contributed by atoms with Crippen molar-refractivity contribution >= 4 is 21.9 Å². The molecule has 1 aromatic rings. The van der Waals surface area contributed by atoms with E-state index in [4.69, 9.17) is 5.11 Å². The second kappa shape index (κ2) is 4.23. The second-order valence-electron chi connectivity index (χ2n) is 2.70. The first kappa shape index (κ1) is 10.7. The summed E-state index contributed by atoms with van der Waals surface area (Å²) in [5, 5.41) is 8.61. The van der Waals surface area contributed by atoms with Crippen molar-refractivity contribution < 1.29 is 9.90 Å². The molecule has 0 atom stereocenters. The topological polar surface area (TPSA) is 59.3 Å². The third kappa shape index (κ3) is 2.56. The van der Waals surface area contributed by atoms with Crippen LogP contribution < -0.4 is 5.56 Å². The van der Waals surface area contributed by atoms with Crippen LogP contribution in [0.2, 0.25) is 0 Å². The van der Waals surface area contributed by atoms with E-state index in [1.54, 1.807) is 0 Å². The third-order valence-corrected chi connectivity index (χ3v) is 1.84. The van der Waals surface area contributed by atoms with Crippen LogP contribution in [-0.4, -0.2) is 15.6 Å². The summed E-state index contributed by atoms with van der Waals surface area (Å²) in [5.74, 6) is -1.10. The number of hydrogen-bond acceptors (Lipinski definition) is 2. The summed E-state index contributed by atoms with van der Waals surface area (Å²) >= 11 is 3.12. The first-order valence-electron chi connectivity index (χ1n) is 3.78. The number of carboxylic acids is 1. The van der Waals surface area contributed by atoms with E-state index in [1.807, 2.05) is 0 Å². The van der Waals surface area contributed by atoms with E-state index >= 15 is 0 Å². The zero-order chi connectivity index (χ0) is 10.7. The molecule has 0 unspecified atom stereocenters. The number of allylic oxidation sites excluding steroid dienone is 1. The smallest absolute Gasteiger partial charge is 0.335 e. The molecule has 4 nitrogen and oxygen atoms in total. The molecule has 0 aliphatic rings. The lowest BCUT2D eigenvalue weighted by molar-refractivity contribution is 0.0696. The largest absolute Gasteiger partial charge is 0.478 e. The van der Waals surface area contributed by atoms with Gasteiger partial charge in [0.1, 0.15) is 0 Å². The van der Waals surface area contributed by atoms with E-state index in [1.165, 1.54) is 16.8 Å². The Morgan fingerprint density at radius 3 is 2.71 bits per heavy atom. The number of carboxylic acid groups (broad SMARTS) is 1. The quantitative estimate of drug-likeness (QED) is 0.892. The van der Waals surface area contributed by atoms with E-state index in [-0.39, 0.29) is 11.1 Å². The van der Waals surface area contributed by atoms with Crippen LogP contribution >= 0.6 is 15.9 Å². The molecule has 74 valence electrons. The Balaban J connectivity index is 3.08. The average molecular weight is 258 g/mol. The molecule has 0 aliphatic heterocycles. The molecule has 0 spiro atoms. The van der Waals surface area contributed by atoms with Gasteiger partial charge in [0.15, 0.2) is 0 Å². The summed E-state index contributed by atoms with van der Waals surface area (Å²) in [4.78, 5) is 21.8. The molecule has 0 aliphatic carbocycles. The van der Waals surface area contributed by atoms with Crippen molar-refractivity contribution in [3.8, 4) is 0 Å². The highest BCUT2D eigenvalue weighted by atomic mass is 79.9. The molecule has 0 amide bonds. The minimum atomic E-state index is -1.10. The first-order valence-corrected chi connectivity index (χ1v) is 4.57. The zero-order valence-corrected chi connectivity index (χ0v) is 8.82. The van der Waals surface area contributed by atoms with Gasteiger partial charge in [0.2, 0.25) is 0 Å². The normalized spacial score (nSPS) is 9.79. The minimum Gasteiger partial charge on any atom is -0.478 e. The van der Waals surface area contributed by atoms with E-state index in [0.717, 1.165) is 6.07 Å². The van der Waals surface area contributed by atoms with Crippen LogP contribution in [0.25, 0.3) is 0 Å². The maximum atomic E-state index is 11.3. The van der Waals surface area contributed by atoms with E-state index in [2.05, 4.69) is 22.5 Å². The molecule has 14 heavy (non-hydrogen) atoms. The van der Waals surface area contributed by atoms with Gasteiger partial charge in [-0.15, -0.1) is 0 Å². The highest BCUT2D eigenvalue weighted by Gasteiger charge is 2.04. The Hall–Kier alpha value is -1.36. The predicted molar refractivity (Wildman–Crippen MR) is 55.7 cm³/mol. The van der Waals surface area contributed by atoms with Crippen LogP contribution in [0.5, 0.6) is 0 Å². The fourth-order valence-corrected chi connectivity index (χ4v) is 1.23. The van der Waals surface area contributed by atoms with Crippen molar-refractivity contribution in [3.63, 3.8) is 0 Å². The summed E-state index contributed by atoms with van der Waals surface area (Å²) in [6.07, 6.45) is 1.43. The number of aromatic nitrogens is 1. The van der Waals surface area contributed by atoms with Crippen LogP contribution in [0, 0.1) is 0 Å². The van der Waals surface area contributed by atoms with E-state index < -0.39 is 5.97 Å².